The van der Waals surface area contributed by atoms with Crippen LogP contribution in [0.15, 0.2) is 41.8 Å². The number of thiophene rings is 1. The summed E-state index contributed by atoms with van der Waals surface area (Å²) >= 11 is 1.31. The molecule has 0 aliphatic carbocycles. The van der Waals surface area contributed by atoms with Gasteiger partial charge in [0.25, 0.3) is 0 Å². The van der Waals surface area contributed by atoms with E-state index in [0.29, 0.717) is 21.9 Å². The van der Waals surface area contributed by atoms with E-state index >= 15 is 0 Å². The molecule has 5 atom stereocenters. The van der Waals surface area contributed by atoms with Crippen molar-refractivity contribution in [3.05, 3.63) is 52.2 Å². The third-order valence-electron chi connectivity index (χ3n) is 4.51. The zero-order valence-electron chi connectivity index (χ0n) is 15.5. The molecule has 9 heteroatoms. The largest absolute Gasteiger partial charge is 0.497 e. The van der Waals surface area contributed by atoms with Crippen LogP contribution in [0.2, 0.25) is 0 Å². The lowest BCUT2D eigenvalue weighted by Crippen LogP contribution is -2.60. The molecule has 1 aliphatic heterocycles. The highest BCUT2D eigenvalue weighted by Crippen LogP contribution is 2.30. The van der Waals surface area contributed by atoms with Gasteiger partial charge < -0.3 is 34.6 Å². The van der Waals surface area contributed by atoms with E-state index in [1.54, 1.807) is 48.9 Å². The fourth-order valence-electron chi connectivity index (χ4n) is 2.82. The normalized spacial score (nSPS) is 27.1. The van der Waals surface area contributed by atoms with Crippen molar-refractivity contribution in [3.8, 4) is 11.5 Å². The van der Waals surface area contributed by atoms with Gasteiger partial charge in [-0.2, -0.15) is 0 Å². The average Bonchev–Trinajstić information content (AvgIpc) is 3.19. The minimum atomic E-state index is -1.53. The quantitative estimate of drug-likeness (QED) is 0.382. The lowest BCUT2D eigenvalue weighted by atomic mass is 9.99. The average molecular weight is 422 g/mol. The molecule has 29 heavy (non-hydrogen) atoms. The number of rotatable bonds is 7. The molecule has 1 aliphatic rings. The SMILES string of the molecule is COc1ccc(C(=O)C=Cc2sccc2OC2OC(CO)C(O)C(O)C2O)cc1. The van der Waals surface area contributed by atoms with Crippen LogP contribution < -0.4 is 9.47 Å². The molecule has 0 radical (unpaired) electrons. The van der Waals surface area contributed by atoms with Gasteiger partial charge in [0.15, 0.2) is 5.78 Å². The van der Waals surface area contributed by atoms with Crippen LogP contribution in [0.3, 0.4) is 0 Å². The Hall–Kier alpha value is -2.27. The number of aliphatic hydroxyl groups is 4. The molecule has 0 bridgehead atoms. The van der Waals surface area contributed by atoms with Crippen LogP contribution in [0.5, 0.6) is 11.5 Å². The molecule has 1 saturated heterocycles. The molecule has 1 aromatic carbocycles. The standard InChI is InChI=1S/C20H22O8S/c1-26-12-4-2-11(3-5-12)13(22)6-7-16-14(8-9-29-16)27-20-19(25)18(24)17(23)15(10-21)28-20/h2-9,15,17-21,23-25H,10H2,1H3. The van der Waals surface area contributed by atoms with Gasteiger partial charge in [0.1, 0.15) is 35.9 Å². The van der Waals surface area contributed by atoms with Gasteiger partial charge in [-0.05, 0) is 47.9 Å². The third-order valence-corrected chi connectivity index (χ3v) is 5.37. The first-order valence-electron chi connectivity index (χ1n) is 8.85. The Bertz CT molecular complexity index is 844. The molecular weight excluding hydrogens is 400 g/mol. The van der Waals surface area contributed by atoms with Gasteiger partial charge in [0, 0.05) is 5.56 Å². The van der Waals surface area contributed by atoms with Crippen molar-refractivity contribution in [2.45, 2.75) is 30.7 Å². The second kappa shape index (κ2) is 9.49. The van der Waals surface area contributed by atoms with Crippen LogP contribution in [0, 0.1) is 0 Å². The molecular formula is C20H22O8S. The summed E-state index contributed by atoms with van der Waals surface area (Å²) in [7, 11) is 1.55. The van der Waals surface area contributed by atoms with Crippen molar-refractivity contribution < 1.29 is 39.4 Å². The molecule has 4 N–H and O–H groups in total. The summed E-state index contributed by atoms with van der Waals surface area (Å²) in [5.41, 5.74) is 0.495. The Morgan fingerprint density at radius 1 is 1.14 bits per heavy atom. The van der Waals surface area contributed by atoms with Crippen molar-refractivity contribution in [2.24, 2.45) is 0 Å². The Morgan fingerprint density at radius 2 is 1.86 bits per heavy atom. The van der Waals surface area contributed by atoms with Crippen molar-refractivity contribution in [2.75, 3.05) is 13.7 Å². The van der Waals surface area contributed by atoms with E-state index in [2.05, 4.69) is 0 Å². The first-order valence-corrected chi connectivity index (χ1v) is 9.73. The first kappa shape index (κ1) is 21.4. The number of aliphatic hydroxyl groups excluding tert-OH is 4. The number of carbonyl (C=O) groups excluding carboxylic acids is 1. The molecule has 1 aromatic heterocycles. The van der Waals surface area contributed by atoms with E-state index in [9.17, 15) is 25.2 Å². The molecule has 156 valence electrons. The Morgan fingerprint density at radius 3 is 2.52 bits per heavy atom. The van der Waals surface area contributed by atoms with Crippen LogP contribution in [0.1, 0.15) is 15.2 Å². The number of benzene rings is 1. The van der Waals surface area contributed by atoms with Crippen LogP contribution in [-0.2, 0) is 4.74 Å². The van der Waals surface area contributed by atoms with Crippen LogP contribution in [0.4, 0.5) is 0 Å². The Labute approximate surface area is 171 Å². The number of hydrogen-bond donors (Lipinski definition) is 4. The molecule has 2 heterocycles. The molecule has 1 fully saturated rings. The molecule has 2 aromatic rings. The van der Waals surface area contributed by atoms with E-state index in [-0.39, 0.29) is 5.78 Å². The fraction of sp³-hybridized carbons (Fsp3) is 0.350. The van der Waals surface area contributed by atoms with Crippen LogP contribution in [-0.4, -0.2) is 70.6 Å². The van der Waals surface area contributed by atoms with Crippen molar-refractivity contribution in [1.82, 2.24) is 0 Å². The highest BCUT2D eigenvalue weighted by atomic mass is 32.1. The number of allylic oxidation sites excluding steroid dienone is 1. The minimum Gasteiger partial charge on any atom is -0.497 e. The second-order valence-corrected chi connectivity index (χ2v) is 7.34. The number of ketones is 1. The first-order chi connectivity index (χ1) is 13.9. The second-order valence-electron chi connectivity index (χ2n) is 6.39. The van der Waals surface area contributed by atoms with Crippen molar-refractivity contribution in [1.29, 1.82) is 0 Å². The predicted octanol–water partition coefficient (Wildman–Crippen LogP) is 0.831. The van der Waals surface area contributed by atoms with Gasteiger partial charge >= 0.3 is 0 Å². The Balaban J connectivity index is 1.70. The number of methoxy groups -OCH3 is 1. The molecule has 0 saturated carbocycles. The van der Waals surface area contributed by atoms with Gasteiger partial charge in [0.2, 0.25) is 6.29 Å². The number of carbonyl (C=O) groups is 1. The van der Waals surface area contributed by atoms with Crippen molar-refractivity contribution >= 4 is 23.2 Å². The van der Waals surface area contributed by atoms with Gasteiger partial charge in [-0.1, -0.05) is 0 Å². The zero-order valence-corrected chi connectivity index (χ0v) is 16.4. The van der Waals surface area contributed by atoms with E-state index in [1.165, 1.54) is 17.4 Å². The van der Waals surface area contributed by atoms with Crippen molar-refractivity contribution in [3.63, 3.8) is 0 Å². The molecule has 0 spiro atoms. The molecule has 5 unspecified atom stereocenters. The Kier molecular flexibility index (Phi) is 7.01. The zero-order chi connectivity index (χ0) is 21.0. The summed E-state index contributed by atoms with van der Waals surface area (Å²) in [4.78, 5) is 12.9. The summed E-state index contributed by atoms with van der Waals surface area (Å²) < 4.78 is 16.0. The van der Waals surface area contributed by atoms with E-state index < -0.39 is 37.3 Å². The van der Waals surface area contributed by atoms with Gasteiger partial charge in [-0.25, -0.2) is 0 Å². The third kappa shape index (κ3) is 4.84. The highest BCUT2D eigenvalue weighted by Gasteiger charge is 2.44. The molecule has 8 nitrogen and oxygen atoms in total. The number of hydrogen-bond acceptors (Lipinski definition) is 9. The lowest BCUT2D eigenvalue weighted by molar-refractivity contribution is -0.277. The maximum Gasteiger partial charge on any atom is 0.229 e. The minimum absolute atomic E-state index is 0.208. The molecule has 3 rings (SSSR count). The lowest BCUT2D eigenvalue weighted by Gasteiger charge is -2.39. The smallest absolute Gasteiger partial charge is 0.229 e. The summed E-state index contributed by atoms with van der Waals surface area (Å²) in [6.07, 6.45) is -3.87. The maximum absolute atomic E-state index is 12.3. The summed E-state index contributed by atoms with van der Waals surface area (Å²) in [5.74, 6) is 0.775. The maximum atomic E-state index is 12.3. The molecule has 0 amide bonds. The van der Waals surface area contributed by atoms with E-state index in [4.69, 9.17) is 14.2 Å². The van der Waals surface area contributed by atoms with Gasteiger partial charge in [0.05, 0.1) is 18.6 Å². The van der Waals surface area contributed by atoms with Crippen LogP contribution >= 0.6 is 11.3 Å². The van der Waals surface area contributed by atoms with E-state index in [1.807, 2.05) is 0 Å². The summed E-state index contributed by atoms with van der Waals surface area (Å²) in [5, 5.41) is 40.8. The number of ether oxygens (including phenoxy) is 3. The van der Waals surface area contributed by atoms with E-state index in [0.717, 1.165) is 0 Å². The topological polar surface area (TPSA) is 126 Å². The monoisotopic (exact) mass is 422 g/mol. The summed E-state index contributed by atoms with van der Waals surface area (Å²) in [6, 6.07) is 8.33. The predicted molar refractivity (Wildman–Crippen MR) is 105 cm³/mol. The fourth-order valence-corrected chi connectivity index (χ4v) is 3.54. The highest BCUT2D eigenvalue weighted by molar-refractivity contribution is 7.11. The van der Waals surface area contributed by atoms with Gasteiger partial charge in [-0.3, -0.25) is 4.79 Å². The van der Waals surface area contributed by atoms with Crippen LogP contribution in [0.25, 0.3) is 6.08 Å². The van der Waals surface area contributed by atoms with Gasteiger partial charge in [-0.15, -0.1) is 11.3 Å². The summed E-state index contributed by atoms with van der Waals surface area (Å²) in [6.45, 7) is -0.544.